The summed E-state index contributed by atoms with van der Waals surface area (Å²) < 4.78 is 32.1. The molecule has 2 aromatic rings. The summed E-state index contributed by atoms with van der Waals surface area (Å²) in [4.78, 5) is 26.8. The largest absolute Gasteiger partial charge is 0.452 e. The van der Waals surface area contributed by atoms with Crippen LogP contribution >= 0.6 is 0 Å². The van der Waals surface area contributed by atoms with Gasteiger partial charge in [0.1, 0.15) is 0 Å². The van der Waals surface area contributed by atoms with E-state index in [9.17, 15) is 18.0 Å². The Balaban J connectivity index is 1.38. The zero-order valence-electron chi connectivity index (χ0n) is 17.3. The van der Waals surface area contributed by atoms with Gasteiger partial charge in [0.2, 0.25) is 10.0 Å². The maximum atomic E-state index is 12.7. The molecule has 164 valence electrons. The van der Waals surface area contributed by atoms with Crippen molar-refractivity contribution in [3.63, 3.8) is 0 Å². The molecule has 2 heterocycles. The number of carbonyl (C=O) groups is 2. The monoisotopic (exact) mass is 442 g/mol. The minimum absolute atomic E-state index is 0.159. The van der Waals surface area contributed by atoms with Crippen molar-refractivity contribution in [1.29, 1.82) is 0 Å². The summed E-state index contributed by atoms with van der Waals surface area (Å²) in [6.07, 6.45) is 4.55. The molecular formula is C23H26N2O5S. The van der Waals surface area contributed by atoms with E-state index in [-0.39, 0.29) is 23.0 Å². The fourth-order valence-electron chi connectivity index (χ4n) is 4.10. The standard InChI is InChI=1S/C23H26N2O5S/c26-22(25-16-6-8-18-7-2-3-9-21(18)25)17-30-23(27)19-10-12-20(13-11-19)31(28,29)24-14-4-1-5-15-24/h2-3,7,9-13H,1,4-6,8,14-17H2. The molecule has 0 aliphatic carbocycles. The maximum Gasteiger partial charge on any atom is 0.338 e. The third-order valence-corrected chi connectivity index (χ3v) is 7.69. The van der Waals surface area contributed by atoms with Crippen LogP contribution in [0.2, 0.25) is 0 Å². The molecule has 0 radical (unpaired) electrons. The highest BCUT2D eigenvalue weighted by atomic mass is 32.2. The van der Waals surface area contributed by atoms with Crippen molar-refractivity contribution >= 4 is 27.6 Å². The van der Waals surface area contributed by atoms with Crippen LogP contribution < -0.4 is 4.90 Å². The number of piperidine rings is 1. The average Bonchev–Trinajstić information content (AvgIpc) is 2.82. The molecule has 7 nitrogen and oxygen atoms in total. The van der Waals surface area contributed by atoms with Crippen LogP contribution in [-0.4, -0.2) is 50.8 Å². The molecule has 0 unspecified atom stereocenters. The molecule has 2 aliphatic heterocycles. The van der Waals surface area contributed by atoms with E-state index in [0.29, 0.717) is 19.6 Å². The Morgan fingerprint density at radius 3 is 2.32 bits per heavy atom. The van der Waals surface area contributed by atoms with Gasteiger partial charge in [-0.1, -0.05) is 24.6 Å². The van der Waals surface area contributed by atoms with E-state index in [1.54, 1.807) is 4.90 Å². The van der Waals surface area contributed by atoms with Crippen LogP contribution in [0.1, 0.15) is 41.6 Å². The molecule has 0 aromatic heterocycles. The van der Waals surface area contributed by atoms with E-state index in [4.69, 9.17) is 4.74 Å². The smallest absolute Gasteiger partial charge is 0.338 e. The predicted octanol–water partition coefficient (Wildman–Crippen LogP) is 3.00. The van der Waals surface area contributed by atoms with E-state index in [1.165, 1.54) is 28.6 Å². The molecule has 4 rings (SSSR count). The SMILES string of the molecule is O=C(OCC(=O)N1CCCc2ccccc21)c1ccc(S(=O)(=O)N2CCCCC2)cc1. The quantitative estimate of drug-likeness (QED) is 0.665. The normalized spacial score (nSPS) is 17.1. The van der Waals surface area contributed by atoms with Crippen LogP contribution in [0.5, 0.6) is 0 Å². The first-order valence-electron chi connectivity index (χ1n) is 10.6. The number of amides is 1. The van der Waals surface area contributed by atoms with Crippen molar-refractivity contribution in [3.8, 4) is 0 Å². The highest BCUT2D eigenvalue weighted by Crippen LogP contribution is 2.27. The first-order valence-corrected chi connectivity index (χ1v) is 12.1. The first kappa shape index (κ1) is 21.5. The van der Waals surface area contributed by atoms with Crippen molar-refractivity contribution < 1.29 is 22.7 Å². The van der Waals surface area contributed by atoms with Gasteiger partial charge >= 0.3 is 5.97 Å². The fraction of sp³-hybridized carbons (Fsp3) is 0.391. The number of esters is 1. The lowest BCUT2D eigenvalue weighted by Gasteiger charge is -2.29. The lowest BCUT2D eigenvalue weighted by molar-refractivity contribution is -0.121. The van der Waals surface area contributed by atoms with Gasteiger partial charge in [-0.15, -0.1) is 0 Å². The number of rotatable bonds is 5. The van der Waals surface area contributed by atoms with Gasteiger partial charge in [-0.2, -0.15) is 4.31 Å². The summed E-state index contributed by atoms with van der Waals surface area (Å²) in [6.45, 7) is 1.28. The molecule has 2 aromatic carbocycles. The Morgan fingerprint density at radius 2 is 1.58 bits per heavy atom. The van der Waals surface area contributed by atoms with E-state index in [2.05, 4.69) is 0 Å². The molecule has 31 heavy (non-hydrogen) atoms. The summed E-state index contributed by atoms with van der Waals surface area (Å²) in [7, 11) is -3.55. The number of ether oxygens (including phenoxy) is 1. The summed E-state index contributed by atoms with van der Waals surface area (Å²) in [6, 6.07) is 13.4. The second kappa shape index (κ2) is 9.20. The average molecular weight is 443 g/mol. The molecule has 1 amide bonds. The predicted molar refractivity (Wildman–Crippen MR) is 116 cm³/mol. The van der Waals surface area contributed by atoms with Gasteiger partial charge in [0.05, 0.1) is 10.5 Å². The summed E-state index contributed by atoms with van der Waals surface area (Å²) in [5.74, 6) is -0.926. The van der Waals surface area contributed by atoms with Crippen LogP contribution in [0, 0.1) is 0 Å². The minimum Gasteiger partial charge on any atom is -0.452 e. The molecular weight excluding hydrogens is 416 g/mol. The van der Waals surface area contributed by atoms with Crippen molar-refractivity contribution in [2.24, 2.45) is 0 Å². The van der Waals surface area contributed by atoms with Crippen LogP contribution in [0.15, 0.2) is 53.4 Å². The lowest BCUT2D eigenvalue weighted by atomic mass is 10.0. The van der Waals surface area contributed by atoms with Crippen molar-refractivity contribution in [2.45, 2.75) is 37.0 Å². The molecule has 0 spiro atoms. The molecule has 0 saturated carbocycles. The number of aryl methyl sites for hydroxylation is 1. The Morgan fingerprint density at radius 1 is 0.871 bits per heavy atom. The van der Waals surface area contributed by atoms with Crippen molar-refractivity contribution in [3.05, 3.63) is 59.7 Å². The van der Waals surface area contributed by atoms with Crippen LogP contribution in [0.4, 0.5) is 5.69 Å². The molecule has 0 atom stereocenters. The molecule has 8 heteroatoms. The highest BCUT2D eigenvalue weighted by molar-refractivity contribution is 7.89. The number of anilines is 1. The van der Waals surface area contributed by atoms with Crippen molar-refractivity contribution in [2.75, 3.05) is 31.1 Å². The van der Waals surface area contributed by atoms with Crippen LogP contribution in [-0.2, 0) is 26.0 Å². The number of benzene rings is 2. The summed E-state index contributed by atoms with van der Waals surface area (Å²) in [5, 5.41) is 0. The first-order chi connectivity index (χ1) is 15.0. The number of para-hydroxylation sites is 1. The zero-order valence-corrected chi connectivity index (χ0v) is 18.1. The second-order valence-corrected chi connectivity index (χ2v) is 9.78. The van der Waals surface area contributed by atoms with E-state index < -0.39 is 16.0 Å². The highest BCUT2D eigenvalue weighted by Gasteiger charge is 2.26. The van der Waals surface area contributed by atoms with Gasteiger partial charge in [-0.3, -0.25) is 4.79 Å². The Labute approximate surface area is 182 Å². The van der Waals surface area contributed by atoms with Gasteiger partial charge in [0, 0.05) is 25.3 Å². The minimum atomic E-state index is -3.55. The van der Waals surface area contributed by atoms with Crippen LogP contribution in [0.3, 0.4) is 0 Å². The Bertz CT molecular complexity index is 1060. The molecule has 0 bridgehead atoms. The van der Waals surface area contributed by atoms with Crippen molar-refractivity contribution in [1.82, 2.24) is 4.31 Å². The van der Waals surface area contributed by atoms with Gasteiger partial charge in [-0.05, 0) is 61.6 Å². The van der Waals surface area contributed by atoms with Gasteiger partial charge in [0.25, 0.3) is 5.91 Å². The number of fused-ring (bicyclic) bond motifs is 1. The topological polar surface area (TPSA) is 84.0 Å². The molecule has 1 saturated heterocycles. The van der Waals surface area contributed by atoms with Crippen LogP contribution in [0.25, 0.3) is 0 Å². The molecule has 1 fully saturated rings. The fourth-order valence-corrected chi connectivity index (χ4v) is 5.62. The van der Waals surface area contributed by atoms with Gasteiger partial charge < -0.3 is 9.64 Å². The number of hydrogen-bond acceptors (Lipinski definition) is 5. The molecule has 0 N–H and O–H groups in total. The Kier molecular flexibility index (Phi) is 6.38. The van der Waals surface area contributed by atoms with Gasteiger partial charge in [0.15, 0.2) is 6.61 Å². The third-order valence-electron chi connectivity index (χ3n) is 5.78. The number of hydrogen-bond donors (Lipinski definition) is 0. The maximum absolute atomic E-state index is 12.7. The van der Waals surface area contributed by atoms with Gasteiger partial charge in [-0.25, -0.2) is 13.2 Å². The third kappa shape index (κ3) is 4.65. The number of carbonyl (C=O) groups excluding carboxylic acids is 2. The number of nitrogens with zero attached hydrogens (tertiary/aromatic N) is 2. The lowest BCUT2D eigenvalue weighted by Crippen LogP contribution is -2.38. The number of sulfonamides is 1. The Hall–Kier alpha value is -2.71. The van der Waals surface area contributed by atoms with E-state index >= 15 is 0 Å². The van der Waals surface area contributed by atoms with E-state index in [0.717, 1.165) is 43.4 Å². The second-order valence-electron chi connectivity index (χ2n) is 7.84. The zero-order chi connectivity index (χ0) is 21.8. The van der Waals surface area contributed by atoms with E-state index in [1.807, 2.05) is 24.3 Å². The summed E-state index contributed by atoms with van der Waals surface area (Å²) >= 11 is 0. The summed E-state index contributed by atoms with van der Waals surface area (Å²) in [5.41, 5.74) is 2.19. The molecule has 2 aliphatic rings.